The second kappa shape index (κ2) is 7.99. The molecule has 4 nitrogen and oxygen atoms in total. The van der Waals surface area contributed by atoms with Crippen LogP contribution in [0.5, 0.6) is 0 Å². The molecule has 6 rings (SSSR count). The van der Waals surface area contributed by atoms with Crippen LogP contribution in [0.15, 0.2) is 108 Å². The number of nitrogens with zero attached hydrogens (tertiary/aromatic N) is 3. The molecule has 0 unspecified atom stereocenters. The zero-order valence-corrected chi connectivity index (χ0v) is 18.0. The van der Waals surface area contributed by atoms with Gasteiger partial charge < -0.3 is 0 Å². The van der Waals surface area contributed by atoms with Crippen molar-refractivity contribution in [2.45, 2.75) is 13.0 Å². The standard InChI is InChI=1S/C29H21N3O/c33-29-28-24(9-5-10-26(28)23-13-12-20-6-1-2-8-22(20)18-23)19-30-32(29)17-16-25-15-14-21-7-3-4-11-27(21)31-25/h1-15,18-19H,16-17H2. The lowest BCUT2D eigenvalue weighted by Crippen LogP contribution is -2.24. The van der Waals surface area contributed by atoms with Gasteiger partial charge in [-0.2, -0.15) is 5.10 Å². The molecule has 158 valence electrons. The van der Waals surface area contributed by atoms with Gasteiger partial charge >= 0.3 is 0 Å². The predicted octanol–water partition coefficient (Wildman–Crippen LogP) is 6.01. The molecule has 4 aromatic carbocycles. The first-order chi connectivity index (χ1) is 16.3. The van der Waals surface area contributed by atoms with Crippen molar-refractivity contribution in [2.75, 3.05) is 0 Å². The van der Waals surface area contributed by atoms with Gasteiger partial charge in [-0.25, -0.2) is 4.68 Å². The molecule has 0 spiro atoms. The van der Waals surface area contributed by atoms with Gasteiger partial charge in [-0.3, -0.25) is 9.78 Å². The van der Waals surface area contributed by atoms with E-state index in [9.17, 15) is 4.79 Å². The van der Waals surface area contributed by atoms with E-state index in [1.54, 1.807) is 10.9 Å². The summed E-state index contributed by atoms with van der Waals surface area (Å²) in [6.45, 7) is 0.478. The van der Waals surface area contributed by atoms with Gasteiger partial charge in [0.2, 0.25) is 0 Å². The van der Waals surface area contributed by atoms with E-state index >= 15 is 0 Å². The average Bonchev–Trinajstić information content (AvgIpc) is 2.87. The van der Waals surface area contributed by atoms with Crippen LogP contribution in [0.1, 0.15) is 5.69 Å². The van der Waals surface area contributed by atoms with Gasteiger partial charge in [0.1, 0.15) is 0 Å². The van der Waals surface area contributed by atoms with Crippen LogP contribution in [0.25, 0.3) is 43.6 Å². The number of rotatable bonds is 4. The molecule has 0 aliphatic carbocycles. The molecular formula is C29H21N3O. The minimum Gasteiger partial charge on any atom is -0.267 e. The van der Waals surface area contributed by atoms with E-state index in [-0.39, 0.29) is 5.56 Å². The number of hydrogen-bond acceptors (Lipinski definition) is 3. The normalized spacial score (nSPS) is 11.4. The summed E-state index contributed by atoms with van der Waals surface area (Å²) in [5.41, 5.74) is 3.81. The maximum absolute atomic E-state index is 13.5. The van der Waals surface area contributed by atoms with Gasteiger partial charge in [0.15, 0.2) is 0 Å². The van der Waals surface area contributed by atoms with Crippen molar-refractivity contribution in [2.24, 2.45) is 0 Å². The van der Waals surface area contributed by atoms with Crippen molar-refractivity contribution < 1.29 is 0 Å². The smallest absolute Gasteiger partial charge is 0.267 e. The van der Waals surface area contributed by atoms with Gasteiger partial charge in [-0.1, -0.05) is 78.9 Å². The van der Waals surface area contributed by atoms with Crippen molar-refractivity contribution in [1.82, 2.24) is 14.8 Å². The number of benzene rings is 4. The summed E-state index contributed by atoms with van der Waals surface area (Å²) in [5.74, 6) is 0. The van der Waals surface area contributed by atoms with Crippen LogP contribution in [0.4, 0.5) is 0 Å². The Labute approximate surface area is 190 Å². The fraction of sp³-hybridized carbons (Fsp3) is 0.0690. The van der Waals surface area contributed by atoms with Gasteiger partial charge in [-0.15, -0.1) is 0 Å². The molecule has 4 heteroatoms. The fourth-order valence-electron chi connectivity index (χ4n) is 4.45. The first-order valence-electron chi connectivity index (χ1n) is 11.1. The first kappa shape index (κ1) is 19.4. The second-order valence-electron chi connectivity index (χ2n) is 8.25. The van der Waals surface area contributed by atoms with E-state index in [1.165, 1.54) is 5.39 Å². The number of pyridine rings is 1. The molecule has 33 heavy (non-hydrogen) atoms. The third-order valence-corrected chi connectivity index (χ3v) is 6.18. The minimum atomic E-state index is -0.0722. The summed E-state index contributed by atoms with van der Waals surface area (Å²) in [5, 5.41) is 9.45. The van der Waals surface area contributed by atoms with Crippen molar-refractivity contribution in [3.63, 3.8) is 0 Å². The lowest BCUT2D eigenvalue weighted by molar-refractivity contribution is 0.580. The van der Waals surface area contributed by atoms with E-state index in [1.807, 2.05) is 54.6 Å². The van der Waals surface area contributed by atoms with Crippen LogP contribution in [0, 0.1) is 0 Å². The molecule has 0 fully saturated rings. The highest BCUT2D eigenvalue weighted by Crippen LogP contribution is 2.29. The van der Waals surface area contributed by atoms with E-state index in [4.69, 9.17) is 4.98 Å². The maximum Gasteiger partial charge on any atom is 0.275 e. The molecule has 0 bridgehead atoms. The molecule has 0 aliphatic rings. The van der Waals surface area contributed by atoms with Crippen molar-refractivity contribution in [3.8, 4) is 11.1 Å². The number of hydrogen-bond donors (Lipinski definition) is 0. The second-order valence-corrected chi connectivity index (χ2v) is 8.25. The molecule has 0 radical (unpaired) electrons. The molecule has 0 saturated heterocycles. The Hall–Kier alpha value is -4.31. The van der Waals surface area contributed by atoms with Crippen LogP contribution < -0.4 is 5.56 Å². The van der Waals surface area contributed by atoms with Gasteiger partial charge in [0.05, 0.1) is 23.6 Å². The summed E-state index contributed by atoms with van der Waals surface area (Å²) in [7, 11) is 0. The molecule has 0 amide bonds. The largest absolute Gasteiger partial charge is 0.275 e. The number of para-hydroxylation sites is 1. The van der Waals surface area contributed by atoms with E-state index in [2.05, 4.69) is 47.6 Å². The summed E-state index contributed by atoms with van der Waals surface area (Å²) in [6.07, 6.45) is 2.43. The molecule has 0 saturated carbocycles. The van der Waals surface area contributed by atoms with Crippen molar-refractivity contribution >= 4 is 32.4 Å². The third kappa shape index (κ3) is 3.56. The summed E-state index contributed by atoms with van der Waals surface area (Å²) >= 11 is 0. The van der Waals surface area contributed by atoms with Crippen molar-refractivity contribution in [1.29, 1.82) is 0 Å². The van der Waals surface area contributed by atoms with Crippen LogP contribution in [0.2, 0.25) is 0 Å². The number of aromatic nitrogens is 3. The van der Waals surface area contributed by atoms with Crippen molar-refractivity contribution in [3.05, 3.63) is 119 Å². The Morgan fingerprint density at radius 2 is 1.45 bits per heavy atom. The highest BCUT2D eigenvalue weighted by Gasteiger charge is 2.11. The summed E-state index contributed by atoms with van der Waals surface area (Å²) in [4.78, 5) is 18.2. The van der Waals surface area contributed by atoms with E-state index in [0.717, 1.165) is 38.5 Å². The minimum absolute atomic E-state index is 0.0722. The molecule has 0 atom stereocenters. The Morgan fingerprint density at radius 3 is 2.36 bits per heavy atom. The highest BCUT2D eigenvalue weighted by molar-refractivity contribution is 5.98. The molecular weight excluding hydrogens is 406 g/mol. The van der Waals surface area contributed by atoms with Gasteiger partial charge in [-0.05, 0) is 40.1 Å². The topological polar surface area (TPSA) is 47.8 Å². The molecule has 2 heterocycles. The van der Waals surface area contributed by atoms with Crippen LogP contribution in [0.3, 0.4) is 0 Å². The molecule has 0 aliphatic heterocycles. The summed E-state index contributed by atoms with van der Waals surface area (Å²) < 4.78 is 1.56. The SMILES string of the molecule is O=c1c2c(-c3ccc4ccccc4c3)cccc2cnn1CCc1ccc2ccccc2n1. The Kier molecular flexibility index (Phi) is 4.69. The lowest BCUT2D eigenvalue weighted by atomic mass is 9.97. The van der Waals surface area contributed by atoms with E-state index in [0.29, 0.717) is 18.4 Å². The predicted molar refractivity (Wildman–Crippen MR) is 134 cm³/mol. The lowest BCUT2D eigenvalue weighted by Gasteiger charge is -2.11. The Balaban J connectivity index is 1.39. The quantitative estimate of drug-likeness (QED) is 0.346. The highest BCUT2D eigenvalue weighted by atomic mass is 16.1. The zero-order valence-electron chi connectivity index (χ0n) is 18.0. The van der Waals surface area contributed by atoms with E-state index < -0.39 is 0 Å². The Bertz CT molecular complexity index is 1700. The number of fused-ring (bicyclic) bond motifs is 3. The monoisotopic (exact) mass is 427 g/mol. The molecule has 2 aromatic heterocycles. The van der Waals surface area contributed by atoms with Crippen LogP contribution in [-0.4, -0.2) is 14.8 Å². The first-order valence-corrected chi connectivity index (χ1v) is 11.1. The number of aryl methyl sites for hydroxylation is 2. The van der Waals surface area contributed by atoms with Crippen LogP contribution in [-0.2, 0) is 13.0 Å². The fourth-order valence-corrected chi connectivity index (χ4v) is 4.45. The molecule has 6 aromatic rings. The Morgan fingerprint density at radius 1 is 0.697 bits per heavy atom. The average molecular weight is 428 g/mol. The van der Waals surface area contributed by atoms with Gasteiger partial charge in [0, 0.05) is 22.9 Å². The molecule has 0 N–H and O–H groups in total. The zero-order chi connectivity index (χ0) is 22.2. The summed E-state index contributed by atoms with van der Waals surface area (Å²) in [6, 6.07) is 32.7. The van der Waals surface area contributed by atoms with Gasteiger partial charge in [0.25, 0.3) is 5.56 Å². The van der Waals surface area contributed by atoms with Crippen LogP contribution >= 0.6 is 0 Å². The third-order valence-electron chi connectivity index (χ3n) is 6.18. The maximum atomic E-state index is 13.5.